The summed E-state index contributed by atoms with van der Waals surface area (Å²) in [4.78, 5) is 15.3. The average Bonchev–Trinajstić information content (AvgIpc) is 3.10. The molecule has 0 bridgehead atoms. The van der Waals surface area contributed by atoms with E-state index in [2.05, 4.69) is 15.6 Å². The van der Waals surface area contributed by atoms with Crippen LogP contribution in [-0.4, -0.2) is 30.3 Å². The second kappa shape index (κ2) is 6.16. The highest BCUT2D eigenvalue weighted by Crippen LogP contribution is 2.30. The zero-order valence-corrected chi connectivity index (χ0v) is 12.9. The number of para-hydroxylation sites is 2. The summed E-state index contributed by atoms with van der Waals surface area (Å²) in [6.45, 7) is 0.772. The molecule has 2 amide bonds. The SMILES string of the molecule is O=C(NCC1COc2ccccc2O1)Nc1cccc2[nH]ccc12. The Balaban J connectivity index is 1.35. The molecular formula is C18H17N3O3. The molecule has 0 fully saturated rings. The van der Waals surface area contributed by atoms with Crippen LogP contribution in [0.2, 0.25) is 0 Å². The molecule has 0 aliphatic carbocycles. The number of rotatable bonds is 3. The van der Waals surface area contributed by atoms with Crippen molar-refractivity contribution < 1.29 is 14.3 Å². The molecule has 0 saturated heterocycles. The maximum absolute atomic E-state index is 12.1. The largest absolute Gasteiger partial charge is 0.486 e. The van der Waals surface area contributed by atoms with Gasteiger partial charge in [-0.15, -0.1) is 0 Å². The van der Waals surface area contributed by atoms with Crippen molar-refractivity contribution in [2.75, 3.05) is 18.5 Å². The normalized spacial score (nSPS) is 15.9. The molecule has 2 heterocycles. The first kappa shape index (κ1) is 14.4. The molecule has 0 radical (unpaired) electrons. The number of carbonyl (C=O) groups is 1. The van der Waals surface area contributed by atoms with E-state index in [1.54, 1.807) is 0 Å². The smallest absolute Gasteiger partial charge is 0.319 e. The Morgan fingerprint density at radius 2 is 2.00 bits per heavy atom. The molecule has 6 nitrogen and oxygen atoms in total. The fraction of sp³-hybridized carbons (Fsp3) is 0.167. The third-order valence-electron chi connectivity index (χ3n) is 3.90. The highest BCUT2D eigenvalue weighted by molar-refractivity contribution is 6.00. The predicted molar refractivity (Wildman–Crippen MR) is 91.7 cm³/mol. The Bertz CT molecular complexity index is 875. The number of aromatic nitrogens is 1. The van der Waals surface area contributed by atoms with Crippen LogP contribution in [0.1, 0.15) is 0 Å². The number of nitrogens with one attached hydrogen (secondary N) is 3. The van der Waals surface area contributed by atoms with Crippen LogP contribution in [0.4, 0.5) is 10.5 Å². The number of hydrogen-bond donors (Lipinski definition) is 3. The first-order chi connectivity index (χ1) is 11.8. The molecule has 0 saturated carbocycles. The summed E-state index contributed by atoms with van der Waals surface area (Å²) in [5, 5.41) is 6.66. The number of amides is 2. The maximum Gasteiger partial charge on any atom is 0.319 e. The molecule has 1 atom stereocenters. The Morgan fingerprint density at radius 1 is 1.12 bits per heavy atom. The van der Waals surface area contributed by atoms with Crippen molar-refractivity contribution in [2.45, 2.75) is 6.10 Å². The van der Waals surface area contributed by atoms with E-state index in [-0.39, 0.29) is 12.1 Å². The highest BCUT2D eigenvalue weighted by Gasteiger charge is 2.21. The summed E-state index contributed by atoms with van der Waals surface area (Å²) >= 11 is 0. The van der Waals surface area contributed by atoms with Gasteiger partial charge in [0.25, 0.3) is 0 Å². The standard InChI is InChI=1S/C18H17N3O3/c22-18(21-15-5-3-4-14-13(15)8-9-19-14)20-10-12-11-23-16-6-1-2-7-17(16)24-12/h1-9,12,19H,10-11H2,(H2,20,21,22). The van der Waals surface area contributed by atoms with Gasteiger partial charge in [-0.1, -0.05) is 18.2 Å². The summed E-state index contributed by atoms with van der Waals surface area (Å²) in [5.74, 6) is 1.44. The van der Waals surface area contributed by atoms with Crippen molar-refractivity contribution in [1.29, 1.82) is 0 Å². The fourth-order valence-electron chi connectivity index (χ4n) is 2.73. The van der Waals surface area contributed by atoms with Gasteiger partial charge in [0.1, 0.15) is 6.61 Å². The molecule has 3 N–H and O–H groups in total. The van der Waals surface area contributed by atoms with E-state index in [1.807, 2.05) is 54.7 Å². The Morgan fingerprint density at radius 3 is 2.92 bits per heavy atom. The van der Waals surface area contributed by atoms with Crippen LogP contribution in [0, 0.1) is 0 Å². The number of ether oxygens (including phenoxy) is 2. The van der Waals surface area contributed by atoms with Gasteiger partial charge < -0.3 is 25.1 Å². The van der Waals surface area contributed by atoms with Gasteiger partial charge in [-0.25, -0.2) is 4.79 Å². The highest BCUT2D eigenvalue weighted by atomic mass is 16.6. The maximum atomic E-state index is 12.1. The monoisotopic (exact) mass is 323 g/mol. The quantitative estimate of drug-likeness (QED) is 0.693. The summed E-state index contributed by atoms with van der Waals surface area (Å²) < 4.78 is 11.5. The van der Waals surface area contributed by atoms with Crippen LogP contribution in [0.15, 0.2) is 54.7 Å². The fourth-order valence-corrected chi connectivity index (χ4v) is 2.73. The van der Waals surface area contributed by atoms with Crippen molar-refractivity contribution in [3.8, 4) is 11.5 Å². The molecule has 1 aliphatic heterocycles. The topological polar surface area (TPSA) is 75.4 Å². The van der Waals surface area contributed by atoms with Crippen molar-refractivity contribution in [3.63, 3.8) is 0 Å². The second-order valence-corrected chi connectivity index (χ2v) is 5.58. The summed E-state index contributed by atoms with van der Waals surface area (Å²) in [7, 11) is 0. The average molecular weight is 323 g/mol. The number of urea groups is 1. The first-order valence-corrected chi connectivity index (χ1v) is 7.79. The van der Waals surface area contributed by atoms with Crippen LogP contribution in [0.5, 0.6) is 11.5 Å². The van der Waals surface area contributed by atoms with E-state index in [4.69, 9.17) is 9.47 Å². The molecular weight excluding hydrogens is 306 g/mol. The molecule has 3 aromatic rings. The minimum absolute atomic E-state index is 0.214. The van der Waals surface area contributed by atoms with Gasteiger partial charge in [-0.2, -0.15) is 0 Å². The van der Waals surface area contributed by atoms with E-state index in [0.717, 1.165) is 22.3 Å². The third kappa shape index (κ3) is 2.86. The molecule has 1 aliphatic rings. The summed E-state index contributed by atoms with van der Waals surface area (Å²) in [6.07, 6.45) is 1.63. The van der Waals surface area contributed by atoms with E-state index < -0.39 is 0 Å². The number of carbonyl (C=O) groups excluding carboxylic acids is 1. The lowest BCUT2D eigenvalue weighted by molar-refractivity contribution is 0.0922. The van der Waals surface area contributed by atoms with Gasteiger partial charge in [0, 0.05) is 17.1 Å². The Kier molecular flexibility index (Phi) is 3.70. The van der Waals surface area contributed by atoms with Crippen LogP contribution >= 0.6 is 0 Å². The predicted octanol–water partition coefficient (Wildman–Crippen LogP) is 3.13. The lowest BCUT2D eigenvalue weighted by atomic mass is 10.2. The van der Waals surface area contributed by atoms with Gasteiger partial charge in [0.05, 0.1) is 12.2 Å². The number of fused-ring (bicyclic) bond motifs is 2. The van der Waals surface area contributed by atoms with E-state index in [9.17, 15) is 4.79 Å². The van der Waals surface area contributed by atoms with Crippen molar-refractivity contribution in [2.24, 2.45) is 0 Å². The minimum Gasteiger partial charge on any atom is -0.486 e. The zero-order valence-electron chi connectivity index (χ0n) is 12.9. The number of hydrogen-bond acceptors (Lipinski definition) is 3. The molecule has 2 aromatic carbocycles. The molecule has 6 heteroatoms. The van der Waals surface area contributed by atoms with Gasteiger partial charge in [0.2, 0.25) is 0 Å². The Labute approximate surface area is 138 Å². The molecule has 1 aromatic heterocycles. The number of benzene rings is 2. The minimum atomic E-state index is -0.272. The molecule has 1 unspecified atom stereocenters. The van der Waals surface area contributed by atoms with Crippen molar-refractivity contribution in [3.05, 3.63) is 54.7 Å². The number of anilines is 1. The number of aromatic amines is 1. The van der Waals surface area contributed by atoms with Gasteiger partial charge in [-0.3, -0.25) is 0 Å². The van der Waals surface area contributed by atoms with Crippen LogP contribution in [0.3, 0.4) is 0 Å². The van der Waals surface area contributed by atoms with E-state index in [0.29, 0.717) is 18.9 Å². The first-order valence-electron chi connectivity index (χ1n) is 7.79. The molecule has 24 heavy (non-hydrogen) atoms. The van der Waals surface area contributed by atoms with Gasteiger partial charge in [0.15, 0.2) is 17.6 Å². The van der Waals surface area contributed by atoms with Gasteiger partial charge in [-0.05, 0) is 30.3 Å². The van der Waals surface area contributed by atoms with E-state index >= 15 is 0 Å². The molecule has 4 rings (SSSR count). The van der Waals surface area contributed by atoms with E-state index in [1.165, 1.54) is 0 Å². The number of H-pyrrole nitrogens is 1. The Hall–Kier alpha value is -3.15. The van der Waals surface area contributed by atoms with Crippen molar-refractivity contribution in [1.82, 2.24) is 10.3 Å². The lowest BCUT2D eigenvalue weighted by Gasteiger charge is -2.26. The van der Waals surface area contributed by atoms with Crippen LogP contribution in [0.25, 0.3) is 10.9 Å². The van der Waals surface area contributed by atoms with Crippen LogP contribution in [-0.2, 0) is 0 Å². The third-order valence-corrected chi connectivity index (χ3v) is 3.90. The lowest BCUT2D eigenvalue weighted by Crippen LogP contribution is -2.42. The molecule has 0 spiro atoms. The second-order valence-electron chi connectivity index (χ2n) is 5.58. The van der Waals surface area contributed by atoms with Crippen LogP contribution < -0.4 is 20.1 Å². The molecule has 122 valence electrons. The summed E-state index contributed by atoms with van der Waals surface area (Å²) in [6, 6.07) is 14.9. The zero-order chi connectivity index (χ0) is 16.4. The summed E-state index contributed by atoms with van der Waals surface area (Å²) in [5.41, 5.74) is 1.74. The van der Waals surface area contributed by atoms with Crippen molar-refractivity contribution >= 4 is 22.6 Å². The van der Waals surface area contributed by atoms with Gasteiger partial charge >= 0.3 is 6.03 Å².